The van der Waals surface area contributed by atoms with E-state index in [1.54, 1.807) is 12.1 Å². The van der Waals surface area contributed by atoms with Gasteiger partial charge < -0.3 is 25.2 Å². The minimum absolute atomic E-state index is 0. The highest BCUT2D eigenvalue weighted by atomic mass is 127. The van der Waals surface area contributed by atoms with Gasteiger partial charge in [0, 0.05) is 44.8 Å². The monoisotopic (exact) mass is 545 g/mol. The Hall–Kier alpha value is -1.62. The molecule has 1 aromatic rings. The van der Waals surface area contributed by atoms with Gasteiger partial charge in [0.15, 0.2) is 5.96 Å². The Balaban J connectivity index is 0.00000272. The third kappa shape index (κ3) is 6.21. The average Bonchev–Trinajstić information content (AvgIpc) is 3.38. The number of benzene rings is 1. The fraction of sp³-hybridized carbons (Fsp3) is 0.636. The van der Waals surface area contributed by atoms with E-state index >= 15 is 0 Å². The molecule has 172 valence electrons. The van der Waals surface area contributed by atoms with Crippen LogP contribution in [-0.4, -0.2) is 74.3 Å². The number of carbonyl (C=O) groups is 1. The number of carbonyl (C=O) groups excluding carboxylic acids is 1. The fourth-order valence-electron chi connectivity index (χ4n) is 4.57. The zero-order chi connectivity index (χ0) is 20.9. The first kappa shape index (κ1) is 24.0. The van der Waals surface area contributed by atoms with Gasteiger partial charge in [-0.2, -0.15) is 0 Å². The molecule has 3 atom stereocenters. The number of piperazine rings is 1. The number of ether oxygens (including phenoxy) is 1. The predicted molar refractivity (Wildman–Crippen MR) is 131 cm³/mol. The summed E-state index contributed by atoms with van der Waals surface area (Å²) in [7, 11) is 0. The molecule has 3 unspecified atom stereocenters. The summed E-state index contributed by atoms with van der Waals surface area (Å²) in [6.07, 6.45) is 4.40. The van der Waals surface area contributed by atoms with Crippen molar-refractivity contribution in [3.8, 4) is 0 Å². The minimum atomic E-state index is -0.229. The molecule has 1 aromatic carbocycles. The molecule has 31 heavy (non-hydrogen) atoms. The second-order valence-electron chi connectivity index (χ2n) is 8.22. The van der Waals surface area contributed by atoms with Crippen LogP contribution in [0.3, 0.4) is 0 Å². The molecule has 9 heteroatoms. The molecule has 0 aliphatic carbocycles. The van der Waals surface area contributed by atoms with E-state index in [0.717, 1.165) is 44.1 Å². The number of aliphatic imine (C=N–C) groups is 1. The molecule has 3 aliphatic rings. The lowest BCUT2D eigenvalue weighted by Gasteiger charge is -2.36. The number of nitrogens with one attached hydrogen (secondary N) is 2. The quantitative estimate of drug-likeness (QED) is 0.327. The highest BCUT2D eigenvalue weighted by molar-refractivity contribution is 14.0. The first-order valence-electron chi connectivity index (χ1n) is 11.1. The van der Waals surface area contributed by atoms with Gasteiger partial charge in [-0.15, -0.1) is 24.0 Å². The average molecular weight is 545 g/mol. The van der Waals surface area contributed by atoms with Crippen LogP contribution < -0.4 is 15.5 Å². The lowest BCUT2D eigenvalue weighted by Crippen LogP contribution is -2.49. The summed E-state index contributed by atoms with van der Waals surface area (Å²) in [5, 5.41) is 6.76. The smallest absolute Gasteiger partial charge is 0.224 e. The molecule has 7 nitrogen and oxygen atoms in total. The number of anilines is 1. The van der Waals surface area contributed by atoms with Gasteiger partial charge in [-0.3, -0.25) is 9.79 Å². The van der Waals surface area contributed by atoms with Crippen molar-refractivity contribution in [2.24, 2.45) is 4.99 Å². The van der Waals surface area contributed by atoms with Crippen LogP contribution in [0.15, 0.2) is 29.3 Å². The fourth-order valence-corrected chi connectivity index (χ4v) is 4.57. The van der Waals surface area contributed by atoms with Gasteiger partial charge in [-0.1, -0.05) is 0 Å². The molecule has 0 saturated carbocycles. The second kappa shape index (κ2) is 11.3. The van der Waals surface area contributed by atoms with Crippen LogP contribution in [0.5, 0.6) is 0 Å². The Kier molecular flexibility index (Phi) is 8.76. The third-order valence-corrected chi connectivity index (χ3v) is 6.19. The maximum absolute atomic E-state index is 13.1. The summed E-state index contributed by atoms with van der Waals surface area (Å²) in [5.41, 5.74) is 0.999. The van der Waals surface area contributed by atoms with E-state index in [0.29, 0.717) is 38.2 Å². The molecule has 0 radical (unpaired) electrons. The van der Waals surface area contributed by atoms with Crippen LogP contribution in [-0.2, 0) is 9.53 Å². The molecule has 0 aromatic heterocycles. The van der Waals surface area contributed by atoms with Crippen LogP contribution in [0.25, 0.3) is 0 Å². The van der Waals surface area contributed by atoms with Crippen molar-refractivity contribution in [2.75, 3.05) is 44.2 Å². The topological polar surface area (TPSA) is 69.2 Å². The Morgan fingerprint density at radius 1 is 1.19 bits per heavy atom. The first-order valence-corrected chi connectivity index (χ1v) is 11.1. The Morgan fingerprint density at radius 3 is 2.55 bits per heavy atom. The van der Waals surface area contributed by atoms with Gasteiger partial charge in [0.2, 0.25) is 5.91 Å². The van der Waals surface area contributed by atoms with Gasteiger partial charge in [-0.25, -0.2) is 4.39 Å². The Morgan fingerprint density at radius 2 is 1.94 bits per heavy atom. The van der Waals surface area contributed by atoms with Crippen molar-refractivity contribution in [1.29, 1.82) is 0 Å². The largest absolute Gasteiger partial charge is 0.373 e. The molecule has 1 amide bonds. The Bertz CT molecular complexity index is 755. The van der Waals surface area contributed by atoms with Crippen molar-refractivity contribution in [2.45, 2.75) is 50.9 Å². The van der Waals surface area contributed by atoms with Crippen LogP contribution >= 0.6 is 24.0 Å². The number of hydrogen-bond acceptors (Lipinski definition) is 4. The molecule has 4 rings (SSSR count). The standard InChI is InChI=1S/C22H32FN5O2.HI/c1-2-24-22(26-19-15-18-7-8-20(19)30-18)25-10-9-21(29)28-13-11-27(12-14-28)17-5-3-16(23)4-6-17;/h3-6,18-20H,2,7-15H2,1H3,(H2,24,25,26);1H. The van der Waals surface area contributed by atoms with Crippen molar-refractivity contribution in [3.05, 3.63) is 30.1 Å². The van der Waals surface area contributed by atoms with E-state index in [9.17, 15) is 9.18 Å². The summed E-state index contributed by atoms with van der Waals surface area (Å²) in [4.78, 5) is 21.3. The predicted octanol–water partition coefficient (Wildman–Crippen LogP) is 2.36. The van der Waals surface area contributed by atoms with Gasteiger partial charge in [0.25, 0.3) is 0 Å². The van der Waals surface area contributed by atoms with Gasteiger partial charge in [0.1, 0.15) is 5.82 Å². The Labute approximate surface area is 200 Å². The molecule has 3 heterocycles. The SMILES string of the molecule is CCNC(=NCCC(=O)N1CCN(c2ccc(F)cc2)CC1)NC1CC2CCC1O2.I. The summed E-state index contributed by atoms with van der Waals surface area (Å²) in [6, 6.07) is 6.85. The second-order valence-corrected chi connectivity index (χ2v) is 8.22. The first-order chi connectivity index (χ1) is 14.6. The van der Waals surface area contributed by atoms with Crippen molar-refractivity contribution in [1.82, 2.24) is 15.5 Å². The molecule has 2 N–H and O–H groups in total. The number of halogens is 2. The van der Waals surface area contributed by atoms with E-state index in [1.807, 2.05) is 11.8 Å². The van der Waals surface area contributed by atoms with Crippen molar-refractivity contribution >= 4 is 41.5 Å². The lowest BCUT2D eigenvalue weighted by molar-refractivity contribution is -0.131. The normalized spacial score (nSPS) is 25.4. The molecule has 0 spiro atoms. The zero-order valence-corrected chi connectivity index (χ0v) is 20.4. The van der Waals surface area contributed by atoms with Crippen LogP contribution in [0, 0.1) is 5.82 Å². The number of rotatable bonds is 6. The van der Waals surface area contributed by atoms with E-state index < -0.39 is 0 Å². The van der Waals surface area contributed by atoms with Crippen LogP contribution in [0.4, 0.5) is 10.1 Å². The number of guanidine groups is 1. The maximum Gasteiger partial charge on any atom is 0.224 e. The van der Waals surface area contributed by atoms with E-state index in [-0.39, 0.29) is 41.8 Å². The van der Waals surface area contributed by atoms with Gasteiger partial charge in [0.05, 0.1) is 24.8 Å². The van der Waals surface area contributed by atoms with Crippen molar-refractivity contribution in [3.63, 3.8) is 0 Å². The number of amides is 1. The lowest BCUT2D eigenvalue weighted by atomic mass is 9.96. The van der Waals surface area contributed by atoms with Gasteiger partial charge >= 0.3 is 0 Å². The van der Waals surface area contributed by atoms with E-state index in [1.165, 1.54) is 18.6 Å². The molecule has 2 bridgehead atoms. The molecular weight excluding hydrogens is 512 g/mol. The third-order valence-electron chi connectivity index (χ3n) is 6.19. The van der Waals surface area contributed by atoms with E-state index in [2.05, 4.69) is 20.5 Å². The van der Waals surface area contributed by atoms with Crippen LogP contribution in [0.1, 0.15) is 32.6 Å². The van der Waals surface area contributed by atoms with Crippen molar-refractivity contribution < 1.29 is 13.9 Å². The van der Waals surface area contributed by atoms with Gasteiger partial charge in [-0.05, 0) is 50.5 Å². The summed E-state index contributed by atoms with van der Waals surface area (Å²) >= 11 is 0. The highest BCUT2D eigenvalue weighted by Crippen LogP contribution is 2.34. The number of fused-ring (bicyclic) bond motifs is 2. The summed E-state index contributed by atoms with van der Waals surface area (Å²) < 4.78 is 19.0. The number of nitrogens with zero attached hydrogens (tertiary/aromatic N) is 3. The highest BCUT2D eigenvalue weighted by Gasteiger charge is 2.41. The summed E-state index contributed by atoms with van der Waals surface area (Å²) in [5.74, 6) is 0.677. The molecular formula is C22H33FIN5O2. The molecule has 3 saturated heterocycles. The summed E-state index contributed by atoms with van der Waals surface area (Å²) in [6.45, 7) is 6.17. The minimum Gasteiger partial charge on any atom is -0.373 e. The maximum atomic E-state index is 13.1. The zero-order valence-electron chi connectivity index (χ0n) is 18.1. The van der Waals surface area contributed by atoms with Crippen LogP contribution in [0.2, 0.25) is 0 Å². The van der Waals surface area contributed by atoms with E-state index in [4.69, 9.17) is 4.74 Å². The number of hydrogen-bond donors (Lipinski definition) is 2. The molecule has 3 fully saturated rings. The molecule has 3 aliphatic heterocycles.